The zero-order valence-electron chi connectivity index (χ0n) is 11.3. The Hall–Kier alpha value is -2.14. The molecule has 2 aromatic rings. The third-order valence-electron chi connectivity index (χ3n) is 3.28. The van der Waals surface area contributed by atoms with E-state index in [1.54, 1.807) is 0 Å². The molecule has 108 valence electrons. The van der Waals surface area contributed by atoms with Gasteiger partial charge in [-0.1, -0.05) is 18.2 Å². The second-order valence-corrected chi connectivity index (χ2v) is 6.70. The van der Waals surface area contributed by atoms with Gasteiger partial charge in [-0.05, 0) is 36.8 Å². The molecule has 1 aliphatic heterocycles. The maximum absolute atomic E-state index is 13.2. The summed E-state index contributed by atoms with van der Waals surface area (Å²) in [6, 6.07) is 11.3. The number of hydrogen-bond acceptors (Lipinski definition) is 3. The first-order valence-electron chi connectivity index (χ1n) is 6.41. The van der Waals surface area contributed by atoms with Gasteiger partial charge in [-0.3, -0.25) is 0 Å². The van der Waals surface area contributed by atoms with Crippen LogP contribution >= 0.6 is 0 Å². The minimum absolute atomic E-state index is 0.00495. The Morgan fingerprint density at radius 2 is 1.95 bits per heavy atom. The van der Waals surface area contributed by atoms with Crippen LogP contribution in [-0.2, 0) is 9.84 Å². The predicted octanol–water partition coefficient (Wildman–Crippen LogP) is 3.34. The number of benzene rings is 2. The minimum atomic E-state index is -3.57. The lowest BCUT2D eigenvalue weighted by molar-refractivity contribution is 0.369. The maximum Gasteiger partial charge on any atom is 0.200 e. The second kappa shape index (κ2) is 5.00. The molecule has 0 bridgehead atoms. The fourth-order valence-electron chi connectivity index (χ4n) is 2.29. The summed E-state index contributed by atoms with van der Waals surface area (Å²) in [4.78, 5) is 0.00495. The fourth-order valence-corrected chi connectivity index (χ4v) is 3.77. The number of aryl methyl sites for hydroxylation is 1. The van der Waals surface area contributed by atoms with Crippen LogP contribution < -0.4 is 4.74 Å². The average Bonchev–Trinajstić information content (AvgIpc) is 2.68. The smallest absolute Gasteiger partial charge is 0.200 e. The molecule has 1 aliphatic rings. The standard InChI is InChI=1S/C16H13FO3S/c1-11-3-2-4-14(7-11)20-9-12-10-21(18,19)16-8-13(17)5-6-15(12)16/h2-8,10H,9H2,1H3. The lowest BCUT2D eigenvalue weighted by Gasteiger charge is -2.08. The second-order valence-electron chi connectivity index (χ2n) is 4.93. The van der Waals surface area contributed by atoms with E-state index in [1.165, 1.54) is 12.1 Å². The van der Waals surface area contributed by atoms with Crippen molar-refractivity contribution >= 4 is 15.4 Å². The quantitative estimate of drug-likeness (QED) is 0.873. The number of ether oxygens (including phenoxy) is 1. The van der Waals surface area contributed by atoms with E-state index in [4.69, 9.17) is 4.74 Å². The van der Waals surface area contributed by atoms with Gasteiger partial charge < -0.3 is 4.74 Å². The molecule has 0 aromatic heterocycles. The van der Waals surface area contributed by atoms with Crippen LogP contribution in [0.5, 0.6) is 5.75 Å². The van der Waals surface area contributed by atoms with Crippen molar-refractivity contribution in [2.75, 3.05) is 6.61 Å². The van der Waals surface area contributed by atoms with Gasteiger partial charge >= 0.3 is 0 Å². The first kappa shape index (κ1) is 13.8. The zero-order valence-corrected chi connectivity index (χ0v) is 12.2. The van der Waals surface area contributed by atoms with E-state index in [1.807, 2.05) is 31.2 Å². The molecule has 21 heavy (non-hydrogen) atoms. The molecule has 2 aromatic carbocycles. The van der Waals surface area contributed by atoms with Crippen LogP contribution in [0.4, 0.5) is 4.39 Å². The van der Waals surface area contributed by atoms with Gasteiger partial charge in [0.25, 0.3) is 0 Å². The lowest BCUT2D eigenvalue weighted by Crippen LogP contribution is -2.00. The first-order valence-corrected chi connectivity index (χ1v) is 7.95. The number of hydrogen-bond donors (Lipinski definition) is 0. The minimum Gasteiger partial charge on any atom is -0.489 e. The highest BCUT2D eigenvalue weighted by atomic mass is 32.2. The number of halogens is 1. The van der Waals surface area contributed by atoms with Crippen molar-refractivity contribution in [3.63, 3.8) is 0 Å². The van der Waals surface area contributed by atoms with Gasteiger partial charge in [0.2, 0.25) is 9.84 Å². The third kappa shape index (κ3) is 2.69. The van der Waals surface area contributed by atoms with Crippen molar-refractivity contribution in [1.82, 2.24) is 0 Å². The number of rotatable bonds is 3. The van der Waals surface area contributed by atoms with Crippen molar-refractivity contribution in [3.8, 4) is 5.75 Å². The molecule has 3 nitrogen and oxygen atoms in total. The molecule has 0 fully saturated rings. The summed E-state index contributed by atoms with van der Waals surface area (Å²) >= 11 is 0. The summed E-state index contributed by atoms with van der Waals surface area (Å²) in [6.07, 6.45) is 0. The molecular formula is C16H13FO3S. The Morgan fingerprint density at radius 3 is 2.71 bits per heavy atom. The highest BCUT2D eigenvalue weighted by molar-refractivity contribution is 7.95. The van der Waals surface area contributed by atoms with E-state index < -0.39 is 15.7 Å². The van der Waals surface area contributed by atoms with E-state index >= 15 is 0 Å². The van der Waals surface area contributed by atoms with Crippen LogP contribution in [0.25, 0.3) is 5.57 Å². The lowest BCUT2D eigenvalue weighted by atomic mass is 10.1. The Balaban J connectivity index is 1.88. The summed E-state index contributed by atoms with van der Waals surface area (Å²) in [5.74, 6) is 0.107. The van der Waals surface area contributed by atoms with Crippen LogP contribution in [0, 0.1) is 12.7 Å². The molecule has 5 heteroatoms. The summed E-state index contributed by atoms with van der Waals surface area (Å²) in [5.41, 5.74) is 2.10. The first-order chi connectivity index (χ1) is 9.95. The molecule has 0 unspecified atom stereocenters. The SMILES string of the molecule is Cc1cccc(OCC2=CS(=O)(=O)c3cc(F)ccc32)c1. The molecule has 3 rings (SSSR count). The largest absolute Gasteiger partial charge is 0.489 e. The molecule has 0 saturated heterocycles. The zero-order chi connectivity index (χ0) is 15.0. The van der Waals surface area contributed by atoms with E-state index in [9.17, 15) is 12.8 Å². The van der Waals surface area contributed by atoms with Crippen molar-refractivity contribution in [3.05, 3.63) is 64.8 Å². The molecule has 0 radical (unpaired) electrons. The Kier molecular flexibility index (Phi) is 3.29. The van der Waals surface area contributed by atoms with Gasteiger partial charge in [-0.15, -0.1) is 0 Å². The van der Waals surface area contributed by atoms with E-state index in [0.717, 1.165) is 17.0 Å². The molecule has 0 saturated carbocycles. The molecule has 0 spiro atoms. The summed E-state index contributed by atoms with van der Waals surface area (Å²) in [7, 11) is -3.57. The Morgan fingerprint density at radius 1 is 1.14 bits per heavy atom. The van der Waals surface area contributed by atoms with Crippen LogP contribution in [0.1, 0.15) is 11.1 Å². The maximum atomic E-state index is 13.2. The van der Waals surface area contributed by atoms with Gasteiger partial charge in [0, 0.05) is 16.5 Å². The normalized spacial score (nSPS) is 15.4. The topological polar surface area (TPSA) is 43.4 Å². The predicted molar refractivity (Wildman–Crippen MR) is 78.2 cm³/mol. The van der Waals surface area contributed by atoms with E-state index in [2.05, 4.69) is 0 Å². The van der Waals surface area contributed by atoms with Crippen LogP contribution in [0.3, 0.4) is 0 Å². The summed E-state index contributed by atoms with van der Waals surface area (Å²) in [6.45, 7) is 2.07. The van der Waals surface area contributed by atoms with Gasteiger partial charge in [0.1, 0.15) is 18.2 Å². The van der Waals surface area contributed by atoms with E-state index in [0.29, 0.717) is 16.9 Å². The number of sulfone groups is 1. The van der Waals surface area contributed by atoms with Crippen molar-refractivity contribution in [1.29, 1.82) is 0 Å². The van der Waals surface area contributed by atoms with Gasteiger partial charge in [-0.25, -0.2) is 12.8 Å². The molecular weight excluding hydrogens is 291 g/mol. The average molecular weight is 304 g/mol. The molecule has 0 aliphatic carbocycles. The van der Waals surface area contributed by atoms with Crippen molar-refractivity contribution in [2.45, 2.75) is 11.8 Å². The van der Waals surface area contributed by atoms with Crippen molar-refractivity contribution in [2.24, 2.45) is 0 Å². The number of fused-ring (bicyclic) bond motifs is 1. The molecule has 1 heterocycles. The Labute approximate surface area is 122 Å². The van der Waals surface area contributed by atoms with Gasteiger partial charge in [0.15, 0.2) is 0 Å². The van der Waals surface area contributed by atoms with E-state index in [-0.39, 0.29) is 11.5 Å². The molecule has 0 N–H and O–H groups in total. The molecule has 0 atom stereocenters. The van der Waals surface area contributed by atoms with Crippen molar-refractivity contribution < 1.29 is 17.5 Å². The third-order valence-corrected chi connectivity index (χ3v) is 4.82. The summed E-state index contributed by atoms with van der Waals surface area (Å²) < 4.78 is 42.8. The Bertz CT molecular complexity index is 838. The van der Waals surface area contributed by atoms with Gasteiger partial charge in [0.05, 0.1) is 4.90 Å². The van der Waals surface area contributed by atoms with Crippen LogP contribution in [0.2, 0.25) is 0 Å². The highest BCUT2D eigenvalue weighted by Crippen LogP contribution is 2.34. The van der Waals surface area contributed by atoms with Gasteiger partial charge in [-0.2, -0.15) is 0 Å². The fraction of sp³-hybridized carbons (Fsp3) is 0.125. The molecule has 0 amide bonds. The summed E-state index contributed by atoms with van der Waals surface area (Å²) in [5, 5.41) is 1.15. The highest BCUT2D eigenvalue weighted by Gasteiger charge is 2.27. The monoisotopic (exact) mass is 304 g/mol. The van der Waals surface area contributed by atoms with Crippen LogP contribution in [-0.4, -0.2) is 15.0 Å². The van der Waals surface area contributed by atoms with Crippen LogP contribution in [0.15, 0.2) is 52.8 Å².